The van der Waals surface area contributed by atoms with Gasteiger partial charge in [0.1, 0.15) is 5.69 Å². The predicted molar refractivity (Wildman–Crippen MR) is 99.9 cm³/mol. The number of furan rings is 1. The van der Waals surface area contributed by atoms with Gasteiger partial charge in [-0.3, -0.25) is 9.89 Å². The number of nitrogens with one attached hydrogen (secondary N) is 2. The molecule has 0 saturated carbocycles. The van der Waals surface area contributed by atoms with E-state index in [1.165, 1.54) is 0 Å². The molecule has 1 amide bonds. The lowest BCUT2D eigenvalue weighted by molar-refractivity contribution is 0.0950. The molecule has 0 saturated heterocycles. The topological polar surface area (TPSA) is 83.3 Å². The Morgan fingerprint density at radius 1 is 1.08 bits per heavy atom. The molecule has 2 aromatic carbocycles. The first-order valence-corrected chi connectivity index (χ1v) is 8.14. The molecule has 0 unspecified atom stereocenters. The summed E-state index contributed by atoms with van der Waals surface area (Å²) in [6.45, 7) is 1.85. The van der Waals surface area contributed by atoms with Crippen LogP contribution >= 0.6 is 0 Å². The van der Waals surface area contributed by atoms with Gasteiger partial charge in [0.15, 0.2) is 11.5 Å². The van der Waals surface area contributed by atoms with Crippen LogP contribution in [0.15, 0.2) is 76.4 Å². The highest BCUT2D eigenvalue weighted by Gasteiger charge is 2.12. The zero-order valence-corrected chi connectivity index (χ0v) is 14.1. The Kier molecular flexibility index (Phi) is 4.07. The highest BCUT2D eigenvalue weighted by Crippen LogP contribution is 2.18. The fourth-order valence-corrected chi connectivity index (χ4v) is 2.67. The fourth-order valence-electron chi connectivity index (χ4n) is 2.67. The number of H-pyrrole nitrogens is 1. The van der Waals surface area contributed by atoms with Crippen molar-refractivity contribution in [1.82, 2.24) is 15.6 Å². The van der Waals surface area contributed by atoms with E-state index >= 15 is 0 Å². The Balaban J connectivity index is 1.50. The van der Waals surface area contributed by atoms with Crippen LogP contribution in [0.3, 0.4) is 0 Å². The monoisotopic (exact) mass is 344 g/mol. The molecule has 0 atom stereocenters. The maximum atomic E-state index is 12.2. The first-order chi connectivity index (χ1) is 12.7. The summed E-state index contributed by atoms with van der Waals surface area (Å²) in [5.74, 6) is 0.228. The molecule has 26 heavy (non-hydrogen) atoms. The lowest BCUT2D eigenvalue weighted by atomic mass is 10.0. The van der Waals surface area contributed by atoms with E-state index in [1.807, 2.05) is 43.3 Å². The minimum atomic E-state index is -0.390. The molecular weight excluding hydrogens is 328 g/mol. The van der Waals surface area contributed by atoms with Gasteiger partial charge in [0.05, 0.1) is 12.0 Å². The second-order valence-electron chi connectivity index (χ2n) is 5.84. The van der Waals surface area contributed by atoms with E-state index in [2.05, 4.69) is 26.8 Å². The van der Waals surface area contributed by atoms with Crippen LogP contribution in [-0.2, 0) is 0 Å². The minimum Gasteiger partial charge on any atom is -0.463 e. The van der Waals surface area contributed by atoms with E-state index in [9.17, 15) is 4.79 Å². The molecule has 6 heteroatoms. The van der Waals surface area contributed by atoms with Crippen molar-refractivity contribution in [2.75, 3.05) is 0 Å². The number of aromatic nitrogens is 2. The third-order valence-corrected chi connectivity index (χ3v) is 4.09. The molecule has 0 aliphatic carbocycles. The molecule has 0 aliphatic heterocycles. The van der Waals surface area contributed by atoms with Crippen LogP contribution in [-0.4, -0.2) is 21.8 Å². The number of carbonyl (C=O) groups excluding carboxylic acids is 1. The Hall–Kier alpha value is -3.67. The van der Waals surface area contributed by atoms with Crippen LogP contribution in [0.4, 0.5) is 0 Å². The van der Waals surface area contributed by atoms with Crippen LogP contribution in [0.1, 0.15) is 23.0 Å². The van der Waals surface area contributed by atoms with Crippen LogP contribution < -0.4 is 5.43 Å². The first-order valence-electron chi connectivity index (χ1n) is 8.14. The second kappa shape index (κ2) is 6.68. The van der Waals surface area contributed by atoms with Crippen molar-refractivity contribution in [3.05, 3.63) is 78.2 Å². The van der Waals surface area contributed by atoms with E-state index in [0.29, 0.717) is 17.2 Å². The van der Waals surface area contributed by atoms with Crippen molar-refractivity contribution in [3.8, 4) is 11.5 Å². The van der Waals surface area contributed by atoms with E-state index in [-0.39, 0.29) is 11.6 Å². The molecule has 4 rings (SSSR count). The number of amides is 1. The summed E-state index contributed by atoms with van der Waals surface area (Å²) in [6, 6.07) is 19.3. The number of hydrazone groups is 1. The van der Waals surface area contributed by atoms with Crippen LogP contribution in [0, 0.1) is 0 Å². The van der Waals surface area contributed by atoms with Crippen LogP contribution in [0.25, 0.3) is 22.2 Å². The minimum absolute atomic E-state index is 0.242. The lowest BCUT2D eigenvalue weighted by Crippen LogP contribution is -2.19. The molecule has 6 nitrogen and oxygen atoms in total. The maximum absolute atomic E-state index is 12.2. The smallest absolute Gasteiger partial charge is 0.291 e. The van der Waals surface area contributed by atoms with Crippen molar-refractivity contribution in [2.45, 2.75) is 6.92 Å². The summed E-state index contributed by atoms with van der Waals surface area (Å²) in [4.78, 5) is 12.2. The van der Waals surface area contributed by atoms with E-state index in [4.69, 9.17) is 4.42 Å². The second-order valence-corrected chi connectivity index (χ2v) is 5.84. The van der Waals surface area contributed by atoms with Gasteiger partial charge >= 0.3 is 0 Å². The normalized spacial score (nSPS) is 11.7. The Bertz CT molecular complexity index is 1090. The molecule has 2 aromatic heterocycles. The molecule has 0 spiro atoms. The summed E-state index contributed by atoms with van der Waals surface area (Å²) < 4.78 is 5.27. The summed E-state index contributed by atoms with van der Waals surface area (Å²) >= 11 is 0. The molecule has 2 N–H and O–H groups in total. The quantitative estimate of drug-likeness (QED) is 0.434. The van der Waals surface area contributed by atoms with Crippen LogP contribution in [0.5, 0.6) is 0 Å². The summed E-state index contributed by atoms with van der Waals surface area (Å²) in [5, 5.41) is 13.3. The maximum Gasteiger partial charge on any atom is 0.291 e. The van der Waals surface area contributed by atoms with Gasteiger partial charge < -0.3 is 4.42 Å². The third kappa shape index (κ3) is 3.12. The Morgan fingerprint density at radius 3 is 2.73 bits per heavy atom. The van der Waals surface area contributed by atoms with Gasteiger partial charge in [-0.2, -0.15) is 10.2 Å². The summed E-state index contributed by atoms with van der Waals surface area (Å²) in [6.07, 6.45) is 1.56. The Labute approximate surface area is 149 Å². The SMILES string of the molecule is CC(=NNC(=O)c1cc(-c2ccco2)[nH]n1)c1ccc2ccccc2c1. The number of hydrogen-bond donors (Lipinski definition) is 2. The van der Waals surface area contributed by atoms with Crippen molar-refractivity contribution < 1.29 is 9.21 Å². The van der Waals surface area contributed by atoms with E-state index < -0.39 is 0 Å². The molecular formula is C20H16N4O2. The van der Waals surface area contributed by atoms with Crippen molar-refractivity contribution in [3.63, 3.8) is 0 Å². The van der Waals surface area contributed by atoms with E-state index in [0.717, 1.165) is 16.3 Å². The van der Waals surface area contributed by atoms with E-state index in [1.54, 1.807) is 24.5 Å². The fraction of sp³-hybridized carbons (Fsp3) is 0.0500. The average molecular weight is 344 g/mol. The number of nitrogens with zero attached hydrogens (tertiary/aromatic N) is 2. The van der Waals surface area contributed by atoms with Gasteiger partial charge in [0.2, 0.25) is 0 Å². The summed E-state index contributed by atoms with van der Waals surface area (Å²) in [7, 11) is 0. The third-order valence-electron chi connectivity index (χ3n) is 4.09. The standard InChI is InChI=1S/C20H16N4O2/c1-13(15-9-8-14-5-2-3-6-16(14)11-15)21-24-20(25)18-12-17(22-23-18)19-7-4-10-26-19/h2-12H,1H3,(H,22,23)(H,24,25). The molecule has 4 aromatic rings. The van der Waals surface area contributed by atoms with Gasteiger partial charge in [-0.05, 0) is 41.5 Å². The summed E-state index contributed by atoms with van der Waals surface area (Å²) in [5.41, 5.74) is 5.08. The molecule has 0 radical (unpaired) electrons. The predicted octanol–water partition coefficient (Wildman–Crippen LogP) is 3.98. The largest absolute Gasteiger partial charge is 0.463 e. The van der Waals surface area contributed by atoms with Crippen LogP contribution in [0.2, 0.25) is 0 Å². The number of rotatable bonds is 4. The first kappa shape index (κ1) is 15.8. The van der Waals surface area contributed by atoms with Gasteiger partial charge in [-0.25, -0.2) is 5.43 Å². The number of carbonyl (C=O) groups is 1. The highest BCUT2D eigenvalue weighted by atomic mass is 16.3. The number of aromatic amines is 1. The molecule has 0 aliphatic rings. The highest BCUT2D eigenvalue weighted by molar-refractivity contribution is 6.03. The molecule has 128 valence electrons. The van der Waals surface area contributed by atoms with Crippen molar-refractivity contribution >= 4 is 22.4 Å². The van der Waals surface area contributed by atoms with Gasteiger partial charge in [-0.15, -0.1) is 0 Å². The molecule has 0 bridgehead atoms. The number of fused-ring (bicyclic) bond motifs is 1. The molecule has 2 heterocycles. The zero-order chi connectivity index (χ0) is 17.9. The lowest BCUT2D eigenvalue weighted by Gasteiger charge is -2.04. The van der Waals surface area contributed by atoms with Gasteiger partial charge in [-0.1, -0.05) is 36.4 Å². The average Bonchev–Trinajstić information content (AvgIpc) is 3.36. The van der Waals surface area contributed by atoms with Gasteiger partial charge in [0, 0.05) is 6.07 Å². The number of benzene rings is 2. The zero-order valence-electron chi connectivity index (χ0n) is 14.1. The van der Waals surface area contributed by atoms with Crippen molar-refractivity contribution in [1.29, 1.82) is 0 Å². The Morgan fingerprint density at radius 2 is 1.92 bits per heavy atom. The van der Waals surface area contributed by atoms with Crippen molar-refractivity contribution in [2.24, 2.45) is 5.10 Å². The number of hydrogen-bond acceptors (Lipinski definition) is 4. The molecule has 0 fully saturated rings. The van der Waals surface area contributed by atoms with Gasteiger partial charge in [0.25, 0.3) is 5.91 Å².